The number of methoxy groups -OCH3 is 1. The maximum atomic E-state index is 15.4. The Bertz CT molecular complexity index is 1540. The summed E-state index contributed by atoms with van der Waals surface area (Å²) in [6, 6.07) is 13.0. The second-order valence-electron chi connectivity index (χ2n) is 11.3. The zero-order valence-corrected chi connectivity index (χ0v) is 25.4. The molecule has 3 heterocycles. The molecule has 0 aliphatic carbocycles. The van der Waals surface area contributed by atoms with Gasteiger partial charge in [-0.3, -0.25) is 19.4 Å². The number of aliphatic carboxylic acids is 1. The van der Waals surface area contributed by atoms with Crippen molar-refractivity contribution in [3.63, 3.8) is 0 Å². The second kappa shape index (κ2) is 13.7. The van der Waals surface area contributed by atoms with E-state index in [1.165, 1.54) is 12.1 Å². The first-order valence-corrected chi connectivity index (χ1v) is 15.1. The average Bonchev–Trinajstić information content (AvgIpc) is 3.00. The zero-order chi connectivity index (χ0) is 31.4. The highest BCUT2D eigenvalue weighted by molar-refractivity contribution is 6.30. The number of hydrogen-bond donors (Lipinski definition) is 1. The van der Waals surface area contributed by atoms with Gasteiger partial charge in [0.2, 0.25) is 5.91 Å². The van der Waals surface area contributed by atoms with Crippen molar-refractivity contribution in [1.82, 2.24) is 9.88 Å². The number of rotatable bonds is 10. The Kier molecular flexibility index (Phi) is 9.80. The number of pyridine rings is 1. The van der Waals surface area contributed by atoms with E-state index in [1.807, 2.05) is 0 Å². The second-order valence-corrected chi connectivity index (χ2v) is 11.7. The molecule has 2 amide bonds. The lowest BCUT2D eigenvalue weighted by atomic mass is 9.89. The Morgan fingerprint density at radius 3 is 2.61 bits per heavy atom. The molecule has 3 aromatic rings. The van der Waals surface area contributed by atoms with E-state index < -0.39 is 23.8 Å². The molecular formula is C33H35ClFN3O6. The topological polar surface area (TPSA) is 109 Å². The summed E-state index contributed by atoms with van der Waals surface area (Å²) in [5.41, 5.74) is 2.59. The SMILES string of the molecule is COCCC1Cc2ncc(Cl)cc2N(C2CCN(C(=O)c3ccc(-c4ccccc4O[C@H](C)CC(=O)O)cc3F)CC2)C1=O. The molecule has 1 N–H and O–H groups in total. The highest BCUT2D eigenvalue weighted by Gasteiger charge is 2.39. The van der Waals surface area contributed by atoms with E-state index in [0.717, 1.165) is 5.69 Å². The molecule has 1 aromatic heterocycles. The fraction of sp³-hybridized carbons (Fsp3) is 0.394. The van der Waals surface area contributed by atoms with Crippen LogP contribution in [-0.2, 0) is 20.7 Å². The molecule has 0 bridgehead atoms. The van der Waals surface area contributed by atoms with Crippen LogP contribution in [0.5, 0.6) is 5.75 Å². The summed E-state index contributed by atoms with van der Waals surface area (Å²) in [7, 11) is 1.61. The van der Waals surface area contributed by atoms with Crippen LogP contribution in [0.15, 0.2) is 54.7 Å². The fourth-order valence-corrected chi connectivity index (χ4v) is 6.14. The number of fused-ring (bicyclic) bond motifs is 1. The number of ether oxygens (including phenoxy) is 2. The molecular weight excluding hydrogens is 589 g/mol. The number of likely N-dealkylation sites (tertiary alicyclic amines) is 1. The van der Waals surface area contributed by atoms with Crippen LogP contribution >= 0.6 is 11.6 Å². The number of nitrogens with zero attached hydrogens (tertiary/aromatic N) is 3. The zero-order valence-electron chi connectivity index (χ0n) is 24.7. The molecule has 2 atom stereocenters. The van der Waals surface area contributed by atoms with E-state index in [0.29, 0.717) is 73.0 Å². The van der Waals surface area contributed by atoms with Gasteiger partial charge in [-0.25, -0.2) is 4.39 Å². The number of halogens is 2. The first-order chi connectivity index (χ1) is 21.2. The van der Waals surface area contributed by atoms with Gasteiger partial charge in [-0.15, -0.1) is 0 Å². The molecule has 1 unspecified atom stereocenters. The molecule has 2 aliphatic heterocycles. The van der Waals surface area contributed by atoms with Crippen molar-refractivity contribution in [2.45, 2.75) is 51.2 Å². The van der Waals surface area contributed by atoms with Gasteiger partial charge in [-0.1, -0.05) is 35.9 Å². The van der Waals surface area contributed by atoms with Crippen LogP contribution in [0.1, 0.15) is 48.7 Å². The van der Waals surface area contributed by atoms with Crippen LogP contribution in [0.25, 0.3) is 11.1 Å². The first kappa shape index (κ1) is 31.4. The molecule has 44 heavy (non-hydrogen) atoms. The number of carboxylic acid groups (broad SMARTS) is 1. The molecule has 1 fully saturated rings. The predicted molar refractivity (Wildman–Crippen MR) is 164 cm³/mol. The smallest absolute Gasteiger partial charge is 0.307 e. The Labute approximate surface area is 260 Å². The monoisotopic (exact) mass is 623 g/mol. The van der Waals surface area contributed by atoms with Crippen LogP contribution in [0.3, 0.4) is 0 Å². The van der Waals surface area contributed by atoms with Gasteiger partial charge >= 0.3 is 5.97 Å². The third-order valence-electron chi connectivity index (χ3n) is 8.18. The third kappa shape index (κ3) is 6.87. The van der Waals surface area contributed by atoms with Crippen LogP contribution in [0.4, 0.5) is 10.1 Å². The summed E-state index contributed by atoms with van der Waals surface area (Å²) in [4.78, 5) is 46.0. The fourth-order valence-electron chi connectivity index (χ4n) is 5.99. The quantitative estimate of drug-likeness (QED) is 0.312. The third-order valence-corrected chi connectivity index (χ3v) is 8.38. The number of hydrogen-bond acceptors (Lipinski definition) is 6. The van der Waals surface area contributed by atoms with Gasteiger partial charge < -0.3 is 24.4 Å². The number of carbonyl (C=O) groups is 3. The number of benzene rings is 2. The lowest BCUT2D eigenvalue weighted by molar-refractivity contribution is -0.138. The number of para-hydroxylation sites is 1. The number of amides is 2. The first-order valence-electron chi connectivity index (χ1n) is 14.7. The minimum Gasteiger partial charge on any atom is -0.489 e. The highest BCUT2D eigenvalue weighted by Crippen LogP contribution is 2.37. The van der Waals surface area contributed by atoms with E-state index in [-0.39, 0.29) is 29.9 Å². The van der Waals surface area contributed by atoms with Crippen molar-refractivity contribution < 1.29 is 33.4 Å². The van der Waals surface area contributed by atoms with Gasteiger partial charge in [0.1, 0.15) is 17.7 Å². The van der Waals surface area contributed by atoms with E-state index in [4.69, 9.17) is 26.2 Å². The summed E-state index contributed by atoms with van der Waals surface area (Å²) in [6.07, 6.45) is 2.99. The van der Waals surface area contributed by atoms with E-state index >= 15 is 4.39 Å². The molecule has 1 saturated heterocycles. The van der Waals surface area contributed by atoms with Crippen molar-refractivity contribution in [3.05, 3.63) is 76.8 Å². The van der Waals surface area contributed by atoms with Gasteiger partial charge in [-0.2, -0.15) is 0 Å². The molecule has 0 saturated carbocycles. The Balaban J connectivity index is 1.29. The van der Waals surface area contributed by atoms with E-state index in [2.05, 4.69) is 4.98 Å². The number of carbonyl (C=O) groups excluding carboxylic acids is 2. The van der Waals surface area contributed by atoms with Crippen molar-refractivity contribution in [3.8, 4) is 16.9 Å². The lowest BCUT2D eigenvalue weighted by Gasteiger charge is -2.42. The molecule has 0 spiro atoms. The van der Waals surface area contributed by atoms with Crippen molar-refractivity contribution in [2.75, 3.05) is 31.7 Å². The summed E-state index contributed by atoms with van der Waals surface area (Å²) in [5.74, 6) is -1.87. The van der Waals surface area contributed by atoms with Crippen molar-refractivity contribution in [1.29, 1.82) is 0 Å². The van der Waals surface area contributed by atoms with Gasteiger partial charge in [0.05, 0.1) is 28.4 Å². The molecule has 11 heteroatoms. The molecule has 2 aliphatic rings. The van der Waals surface area contributed by atoms with Crippen molar-refractivity contribution >= 4 is 35.1 Å². The van der Waals surface area contributed by atoms with E-state index in [1.54, 1.807) is 66.4 Å². The predicted octanol–water partition coefficient (Wildman–Crippen LogP) is 5.63. The summed E-state index contributed by atoms with van der Waals surface area (Å²) < 4.78 is 26.5. The van der Waals surface area contributed by atoms with Crippen LogP contribution in [0, 0.1) is 11.7 Å². The minimum absolute atomic E-state index is 0.00615. The molecule has 232 valence electrons. The standard InChI is InChI=1S/C33H35ClFN3O6/c1-20(15-31(39)40)44-30-6-4-3-5-25(30)21-7-8-26(27(35)16-21)33(42)37-12-9-24(10-13-37)38-29-18-23(34)19-36-28(29)17-22(32(38)41)11-14-43-2/h3-8,16,18-20,22,24H,9-15,17H2,1-2H3,(H,39,40)/t20-,22?/m1/s1. The Morgan fingerprint density at radius 1 is 1.16 bits per heavy atom. The summed E-state index contributed by atoms with van der Waals surface area (Å²) >= 11 is 6.26. The van der Waals surface area contributed by atoms with Crippen LogP contribution < -0.4 is 9.64 Å². The number of carboxylic acids is 1. The number of aromatic nitrogens is 1. The van der Waals surface area contributed by atoms with Gasteiger partial charge in [-0.05, 0) is 56.0 Å². The highest BCUT2D eigenvalue weighted by atomic mass is 35.5. The maximum Gasteiger partial charge on any atom is 0.307 e. The van der Waals surface area contributed by atoms with Crippen LogP contribution in [0.2, 0.25) is 5.02 Å². The molecule has 0 radical (unpaired) electrons. The van der Waals surface area contributed by atoms with E-state index in [9.17, 15) is 14.4 Å². The van der Waals surface area contributed by atoms with Gasteiger partial charge in [0, 0.05) is 56.9 Å². The van der Waals surface area contributed by atoms with Gasteiger partial charge in [0.15, 0.2) is 0 Å². The molecule has 5 rings (SSSR count). The summed E-state index contributed by atoms with van der Waals surface area (Å²) in [5, 5.41) is 9.51. The van der Waals surface area contributed by atoms with Crippen molar-refractivity contribution in [2.24, 2.45) is 5.92 Å². The number of anilines is 1. The maximum absolute atomic E-state index is 15.4. The largest absolute Gasteiger partial charge is 0.489 e. The Morgan fingerprint density at radius 2 is 1.91 bits per heavy atom. The molecule has 9 nitrogen and oxygen atoms in total. The molecule has 2 aromatic carbocycles. The minimum atomic E-state index is -0.979. The number of piperidine rings is 1. The van der Waals surface area contributed by atoms with Crippen LogP contribution in [-0.4, -0.2) is 71.7 Å². The normalized spacial score (nSPS) is 17.7. The summed E-state index contributed by atoms with van der Waals surface area (Å²) in [6.45, 7) is 2.84. The van der Waals surface area contributed by atoms with Gasteiger partial charge in [0.25, 0.3) is 5.91 Å². The lowest BCUT2D eigenvalue weighted by Crippen LogP contribution is -2.53. The Hall–Kier alpha value is -4.02. The average molecular weight is 624 g/mol.